The van der Waals surface area contributed by atoms with Gasteiger partial charge in [0.05, 0.1) is 7.11 Å². The number of aromatic nitrogens is 4. The van der Waals surface area contributed by atoms with Crippen LogP contribution >= 0.6 is 11.8 Å². The maximum absolute atomic E-state index is 12.0. The summed E-state index contributed by atoms with van der Waals surface area (Å²) in [7, 11) is 1.65. The van der Waals surface area contributed by atoms with Crippen LogP contribution in [0.4, 0.5) is 0 Å². The van der Waals surface area contributed by atoms with E-state index in [0.717, 1.165) is 45.3 Å². The summed E-state index contributed by atoms with van der Waals surface area (Å²) in [4.78, 5) is 14.8. The molecule has 0 unspecified atom stereocenters. The number of pyridine rings is 1. The van der Waals surface area contributed by atoms with Gasteiger partial charge in [0, 0.05) is 34.8 Å². The molecule has 0 aliphatic carbocycles. The van der Waals surface area contributed by atoms with Crippen molar-refractivity contribution in [1.29, 1.82) is 0 Å². The lowest BCUT2D eigenvalue weighted by Gasteiger charge is -2.09. The highest BCUT2D eigenvalue weighted by Gasteiger charge is 2.14. The molecule has 0 fully saturated rings. The second-order valence-electron chi connectivity index (χ2n) is 6.27. The fraction of sp³-hybridized carbons (Fsp3) is 0.190. The Kier molecular flexibility index (Phi) is 5.16. The molecule has 28 heavy (non-hydrogen) atoms. The number of fused-ring (bicyclic) bond motifs is 1. The van der Waals surface area contributed by atoms with Gasteiger partial charge in [0.25, 0.3) is 0 Å². The van der Waals surface area contributed by atoms with Crippen LogP contribution in [0.1, 0.15) is 12.5 Å². The summed E-state index contributed by atoms with van der Waals surface area (Å²) in [5, 5.41) is 10.7. The maximum atomic E-state index is 12.0. The second kappa shape index (κ2) is 7.90. The zero-order valence-corrected chi connectivity index (χ0v) is 16.5. The number of H-pyrrole nitrogens is 1. The van der Waals surface area contributed by atoms with E-state index in [1.165, 1.54) is 0 Å². The number of hydrogen-bond acceptors (Lipinski definition) is 5. The van der Waals surface area contributed by atoms with E-state index in [9.17, 15) is 4.79 Å². The van der Waals surface area contributed by atoms with Crippen LogP contribution in [0.3, 0.4) is 0 Å². The number of ether oxygens (including phenoxy) is 1. The van der Waals surface area contributed by atoms with Gasteiger partial charge in [0.2, 0.25) is 5.56 Å². The van der Waals surface area contributed by atoms with Gasteiger partial charge in [-0.25, -0.2) is 0 Å². The predicted molar refractivity (Wildman–Crippen MR) is 112 cm³/mol. The first kappa shape index (κ1) is 18.3. The first-order valence-electron chi connectivity index (χ1n) is 9.01. The minimum atomic E-state index is -0.0924. The number of benzene rings is 2. The molecular formula is C21H20N4O2S. The smallest absolute Gasteiger partial charge is 0.248 e. The van der Waals surface area contributed by atoms with Crippen LogP contribution in [0.15, 0.2) is 64.5 Å². The monoisotopic (exact) mass is 392 g/mol. The van der Waals surface area contributed by atoms with Crippen LogP contribution in [-0.4, -0.2) is 26.9 Å². The number of aromatic amines is 1. The third-order valence-electron chi connectivity index (χ3n) is 4.57. The van der Waals surface area contributed by atoms with Gasteiger partial charge in [-0.2, -0.15) is 0 Å². The molecule has 0 amide bonds. The van der Waals surface area contributed by atoms with Crippen LogP contribution in [0, 0.1) is 0 Å². The van der Waals surface area contributed by atoms with E-state index in [0.29, 0.717) is 5.75 Å². The number of para-hydroxylation sites is 1. The maximum Gasteiger partial charge on any atom is 0.248 e. The number of hydrogen-bond donors (Lipinski definition) is 1. The van der Waals surface area contributed by atoms with Gasteiger partial charge in [-0.1, -0.05) is 30.0 Å². The van der Waals surface area contributed by atoms with E-state index >= 15 is 0 Å². The number of thioether (sulfide) groups is 1. The Balaban J connectivity index is 1.63. The largest absolute Gasteiger partial charge is 0.497 e. The lowest BCUT2D eigenvalue weighted by molar-refractivity contribution is 0.415. The highest BCUT2D eigenvalue weighted by atomic mass is 32.2. The average Bonchev–Trinajstić information content (AvgIpc) is 3.14. The number of nitrogens with one attached hydrogen (secondary N) is 1. The van der Waals surface area contributed by atoms with Crippen molar-refractivity contribution in [2.45, 2.75) is 24.4 Å². The molecule has 142 valence electrons. The zero-order valence-electron chi connectivity index (χ0n) is 15.7. The average molecular weight is 392 g/mol. The van der Waals surface area contributed by atoms with Gasteiger partial charge in [-0.15, -0.1) is 10.2 Å². The molecule has 1 N–H and O–H groups in total. The Bertz CT molecular complexity index is 1170. The minimum absolute atomic E-state index is 0.0924. The van der Waals surface area contributed by atoms with E-state index in [4.69, 9.17) is 4.74 Å². The third-order valence-corrected chi connectivity index (χ3v) is 5.59. The molecule has 0 radical (unpaired) electrons. The fourth-order valence-electron chi connectivity index (χ4n) is 3.17. The molecule has 0 saturated carbocycles. The van der Waals surface area contributed by atoms with Crippen molar-refractivity contribution in [3.63, 3.8) is 0 Å². The van der Waals surface area contributed by atoms with E-state index in [1.807, 2.05) is 48.5 Å². The number of nitrogens with zero attached hydrogens (tertiary/aromatic N) is 3. The molecule has 6 nitrogen and oxygen atoms in total. The quantitative estimate of drug-likeness (QED) is 0.500. The van der Waals surface area contributed by atoms with Crippen molar-refractivity contribution in [1.82, 2.24) is 19.7 Å². The van der Waals surface area contributed by atoms with Gasteiger partial charge < -0.3 is 14.3 Å². The number of methoxy groups -OCH3 is 1. The topological polar surface area (TPSA) is 72.8 Å². The van der Waals surface area contributed by atoms with E-state index in [-0.39, 0.29) is 5.56 Å². The van der Waals surface area contributed by atoms with Crippen LogP contribution in [0.2, 0.25) is 0 Å². The summed E-state index contributed by atoms with van der Waals surface area (Å²) in [6.07, 6.45) is 0. The van der Waals surface area contributed by atoms with Gasteiger partial charge in [0.1, 0.15) is 5.75 Å². The van der Waals surface area contributed by atoms with Crippen molar-refractivity contribution < 1.29 is 4.74 Å². The Morgan fingerprint density at radius 3 is 2.64 bits per heavy atom. The van der Waals surface area contributed by atoms with E-state index in [2.05, 4.69) is 26.7 Å². The molecule has 0 aliphatic heterocycles. The Morgan fingerprint density at radius 2 is 1.89 bits per heavy atom. The van der Waals surface area contributed by atoms with Crippen LogP contribution in [0.5, 0.6) is 5.75 Å². The standard InChI is InChI=1S/C21H20N4O2S/c1-3-25-20(14-8-10-16(27-2)11-9-14)23-24-21(25)28-13-15-12-19(26)22-18-7-5-4-6-17(15)18/h4-12H,3,13H2,1-2H3,(H,22,26). The first-order chi connectivity index (χ1) is 13.7. The third kappa shape index (κ3) is 3.53. The highest BCUT2D eigenvalue weighted by molar-refractivity contribution is 7.98. The van der Waals surface area contributed by atoms with Crippen molar-refractivity contribution in [3.8, 4) is 17.1 Å². The molecular weight excluding hydrogens is 372 g/mol. The summed E-state index contributed by atoms with van der Waals surface area (Å²) in [5.41, 5.74) is 2.73. The lowest BCUT2D eigenvalue weighted by Crippen LogP contribution is -2.06. The molecule has 4 rings (SSSR count). The van der Waals surface area contributed by atoms with Crippen LogP contribution in [-0.2, 0) is 12.3 Å². The fourth-order valence-corrected chi connectivity index (χ4v) is 4.17. The molecule has 0 aliphatic rings. The SMILES string of the molecule is CCn1c(SCc2cc(=O)[nH]c3ccccc23)nnc1-c1ccc(OC)cc1. The van der Waals surface area contributed by atoms with Crippen molar-refractivity contribution >= 4 is 22.7 Å². The summed E-state index contributed by atoms with van der Waals surface area (Å²) in [6.45, 7) is 2.83. The van der Waals surface area contributed by atoms with Gasteiger partial charge in [-0.05, 0) is 42.8 Å². The predicted octanol–water partition coefficient (Wildman–Crippen LogP) is 4.11. The molecule has 2 heterocycles. The van der Waals surface area contributed by atoms with E-state index in [1.54, 1.807) is 24.9 Å². The molecule has 0 atom stereocenters. The molecule has 2 aromatic heterocycles. The molecule has 4 aromatic rings. The molecule has 7 heteroatoms. The van der Waals surface area contributed by atoms with Gasteiger partial charge in [-0.3, -0.25) is 4.79 Å². The second-order valence-corrected chi connectivity index (χ2v) is 7.21. The van der Waals surface area contributed by atoms with Gasteiger partial charge in [0.15, 0.2) is 11.0 Å². The zero-order chi connectivity index (χ0) is 19.5. The van der Waals surface area contributed by atoms with Gasteiger partial charge >= 0.3 is 0 Å². The van der Waals surface area contributed by atoms with Crippen molar-refractivity contribution in [2.24, 2.45) is 0 Å². The van der Waals surface area contributed by atoms with Crippen molar-refractivity contribution in [2.75, 3.05) is 7.11 Å². The Morgan fingerprint density at radius 1 is 1.11 bits per heavy atom. The molecule has 0 bridgehead atoms. The van der Waals surface area contributed by atoms with E-state index < -0.39 is 0 Å². The molecule has 0 saturated heterocycles. The number of rotatable bonds is 6. The molecule has 2 aromatic carbocycles. The minimum Gasteiger partial charge on any atom is -0.497 e. The summed E-state index contributed by atoms with van der Waals surface area (Å²) in [6, 6.07) is 17.3. The summed E-state index contributed by atoms with van der Waals surface area (Å²) in [5.74, 6) is 2.27. The highest BCUT2D eigenvalue weighted by Crippen LogP contribution is 2.28. The van der Waals surface area contributed by atoms with Crippen LogP contribution < -0.4 is 10.3 Å². The van der Waals surface area contributed by atoms with Crippen molar-refractivity contribution in [3.05, 3.63) is 70.5 Å². The van der Waals surface area contributed by atoms with Crippen LogP contribution in [0.25, 0.3) is 22.3 Å². The first-order valence-corrected chi connectivity index (χ1v) is 9.99. The Labute approximate surface area is 166 Å². The summed E-state index contributed by atoms with van der Waals surface area (Å²) >= 11 is 1.58. The molecule has 0 spiro atoms. The Hall–Kier alpha value is -3.06. The normalized spacial score (nSPS) is 11.1. The lowest BCUT2D eigenvalue weighted by atomic mass is 10.1. The summed E-state index contributed by atoms with van der Waals surface area (Å²) < 4.78 is 7.31.